The maximum atomic E-state index is 4.86. The van der Waals surface area contributed by atoms with Crippen molar-refractivity contribution in [1.29, 1.82) is 0 Å². The summed E-state index contributed by atoms with van der Waals surface area (Å²) in [5, 5.41) is 0.623. The lowest BCUT2D eigenvalue weighted by Crippen LogP contribution is -2.26. The van der Waals surface area contributed by atoms with Crippen LogP contribution in [0, 0.1) is 0 Å². The Morgan fingerprint density at radius 3 is 1.62 bits per heavy atom. The number of hydrogen-bond donors (Lipinski definition) is 0. The third kappa shape index (κ3) is 1.14. The SMILES string of the molecule is S=C1OCCOC1=S. The van der Waals surface area contributed by atoms with E-state index < -0.39 is 0 Å². The van der Waals surface area contributed by atoms with Gasteiger partial charge in [0, 0.05) is 0 Å². The standard InChI is InChI=1S/C4H4O2S2/c7-3-4(8)6-2-1-5-3/h1-2H2. The van der Waals surface area contributed by atoms with E-state index >= 15 is 0 Å². The highest BCUT2D eigenvalue weighted by atomic mass is 32.1. The summed E-state index contributed by atoms with van der Waals surface area (Å²) in [6.07, 6.45) is 0. The van der Waals surface area contributed by atoms with Gasteiger partial charge in [0.25, 0.3) is 0 Å². The molecule has 1 heterocycles. The Labute approximate surface area is 57.8 Å². The first kappa shape index (κ1) is 5.91. The quantitative estimate of drug-likeness (QED) is 0.470. The molecule has 0 N–H and O–H groups in total. The molecular weight excluding hydrogens is 144 g/mol. The van der Waals surface area contributed by atoms with Gasteiger partial charge in [-0.1, -0.05) is 0 Å². The lowest BCUT2D eigenvalue weighted by atomic mass is 10.6. The Hall–Kier alpha value is -0.220. The molecule has 0 saturated carbocycles. The van der Waals surface area contributed by atoms with Crippen LogP contribution in [0.25, 0.3) is 0 Å². The molecule has 0 aliphatic carbocycles. The Bertz CT molecular complexity index is 116. The molecule has 0 aromatic carbocycles. The summed E-state index contributed by atoms with van der Waals surface area (Å²) < 4.78 is 9.71. The van der Waals surface area contributed by atoms with Crippen molar-refractivity contribution in [1.82, 2.24) is 0 Å². The normalized spacial score (nSPS) is 19.5. The monoisotopic (exact) mass is 148 g/mol. The van der Waals surface area contributed by atoms with E-state index in [0.717, 1.165) is 0 Å². The van der Waals surface area contributed by atoms with Crippen LogP contribution in [-0.4, -0.2) is 23.3 Å². The van der Waals surface area contributed by atoms with Crippen molar-refractivity contribution < 1.29 is 9.47 Å². The average Bonchev–Trinajstić information content (AvgIpc) is 1.77. The van der Waals surface area contributed by atoms with E-state index in [4.69, 9.17) is 9.47 Å². The highest BCUT2D eigenvalue weighted by Gasteiger charge is 2.11. The molecule has 2 nitrogen and oxygen atoms in total. The fourth-order valence-corrected chi connectivity index (χ4v) is 0.671. The van der Waals surface area contributed by atoms with Crippen LogP contribution in [0.3, 0.4) is 0 Å². The Morgan fingerprint density at radius 2 is 1.38 bits per heavy atom. The van der Waals surface area contributed by atoms with E-state index in [1.807, 2.05) is 0 Å². The second-order valence-corrected chi connectivity index (χ2v) is 2.01. The first-order chi connectivity index (χ1) is 3.80. The minimum absolute atomic E-state index is 0.311. The van der Waals surface area contributed by atoms with Crippen molar-refractivity contribution in [2.24, 2.45) is 0 Å². The molecule has 1 rings (SSSR count). The van der Waals surface area contributed by atoms with E-state index in [-0.39, 0.29) is 0 Å². The first-order valence-electron chi connectivity index (χ1n) is 2.14. The van der Waals surface area contributed by atoms with Crippen molar-refractivity contribution in [3.8, 4) is 0 Å². The summed E-state index contributed by atoms with van der Waals surface area (Å²) in [6.45, 7) is 1.05. The van der Waals surface area contributed by atoms with E-state index in [1.54, 1.807) is 0 Å². The molecule has 0 aromatic rings. The van der Waals surface area contributed by atoms with Gasteiger partial charge < -0.3 is 9.47 Å². The van der Waals surface area contributed by atoms with Crippen LogP contribution in [0.1, 0.15) is 0 Å². The van der Waals surface area contributed by atoms with Crippen LogP contribution in [0.2, 0.25) is 0 Å². The zero-order valence-corrected chi connectivity index (χ0v) is 5.68. The molecule has 1 aliphatic heterocycles. The van der Waals surface area contributed by atoms with Gasteiger partial charge in [-0.3, -0.25) is 0 Å². The van der Waals surface area contributed by atoms with Gasteiger partial charge >= 0.3 is 0 Å². The minimum Gasteiger partial charge on any atom is -0.476 e. The van der Waals surface area contributed by atoms with Gasteiger partial charge in [-0.25, -0.2) is 0 Å². The number of ether oxygens (including phenoxy) is 2. The summed E-state index contributed by atoms with van der Waals surface area (Å²) in [7, 11) is 0. The molecule has 1 fully saturated rings. The fraction of sp³-hybridized carbons (Fsp3) is 0.500. The molecule has 0 spiro atoms. The summed E-state index contributed by atoms with van der Waals surface area (Å²) in [6, 6.07) is 0. The smallest absolute Gasteiger partial charge is 0.239 e. The molecule has 0 atom stereocenters. The molecule has 0 radical (unpaired) electrons. The van der Waals surface area contributed by atoms with Crippen LogP contribution < -0.4 is 0 Å². The lowest BCUT2D eigenvalue weighted by molar-refractivity contribution is 0.183. The van der Waals surface area contributed by atoms with Crippen molar-refractivity contribution in [3.05, 3.63) is 0 Å². The van der Waals surface area contributed by atoms with Gasteiger partial charge in [-0.2, -0.15) is 0 Å². The molecule has 8 heavy (non-hydrogen) atoms. The van der Waals surface area contributed by atoms with Crippen LogP contribution in [0.15, 0.2) is 0 Å². The third-order valence-electron chi connectivity index (χ3n) is 0.716. The maximum Gasteiger partial charge on any atom is 0.239 e. The highest BCUT2D eigenvalue weighted by Crippen LogP contribution is 1.96. The maximum absolute atomic E-state index is 4.86. The van der Waals surface area contributed by atoms with Gasteiger partial charge in [-0.15, -0.1) is 0 Å². The predicted octanol–water partition coefficient (Wildman–Crippen LogP) is 0.688. The molecule has 0 unspecified atom stereocenters. The largest absolute Gasteiger partial charge is 0.476 e. The van der Waals surface area contributed by atoms with Crippen molar-refractivity contribution >= 4 is 34.5 Å². The molecule has 44 valence electrons. The molecule has 1 saturated heterocycles. The van der Waals surface area contributed by atoms with Gasteiger partial charge in [0.2, 0.25) is 10.1 Å². The van der Waals surface area contributed by atoms with E-state index in [2.05, 4.69) is 24.4 Å². The van der Waals surface area contributed by atoms with Gasteiger partial charge in [0.15, 0.2) is 0 Å². The number of hydrogen-bond acceptors (Lipinski definition) is 4. The Morgan fingerprint density at radius 1 is 1.00 bits per heavy atom. The summed E-state index contributed by atoms with van der Waals surface area (Å²) in [5.41, 5.74) is 0. The van der Waals surface area contributed by atoms with E-state index in [9.17, 15) is 0 Å². The molecule has 0 aromatic heterocycles. The molecule has 0 amide bonds. The lowest BCUT2D eigenvalue weighted by Gasteiger charge is -2.14. The van der Waals surface area contributed by atoms with Crippen LogP contribution >= 0.6 is 24.4 Å². The second kappa shape index (κ2) is 2.37. The second-order valence-electron chi connectivity index (χ2n) is 1.27. The van der Waals surface area contributed by atoms with Gasteiger partial charge in [0.05, 0.1) is 0 Å². The third-order valence-corrected chi connectivity index (χ3v) is 1.45. The molecular formula is C4H4O2S2. The van der Waals surface area contributed by atoms with Crippen molar-refractivity contribution in [2.45, 2.75) is 0 Å². The zero-order chi connectivity index (χ0) is 5.98. The van der Waals surface area contributed by atoms with Crippen molar-refractivity contribution in [3.63, 3.8) is 0 Å². The minimum atomic E-state index is 0.311. The Kier molecular flexibility index (Phi) is 1.75. The summed E-state index contributed by atoms with van der Waals surface area (Å²) >= 11 is 9.28. The fourth-order valence-electron chi connectivity index (χ4n) is 0.387. The first-order valence-corrected chi connectivity index (χ1v) is 2.96. The number of thiocarbonyl (C=S) groups is 2. The number of rotatable bonds is 0. The predicted molar refractivity (Wildman–Crippen MR) is 37.1 cm³/mol. The summed E-state index contributed by atoms with van der Waals surface area (Å²) in [4.78, 5) is 0. The van der Waals surface area contributed by atoms with Crippen LogP contribution in [0.5, 0.6) is 0 Å². The molecule has 0 bridgehead atoms. The van der Waals surface area contributed by atoms with Gasteiger partial charge in [0.1, 0.15) is 13.2 Å². The summed E-state index contributed by atoms with van der Waals surface area (Å²) in [5.74, 6) is 0. The zero-order valence-electron chi connectivity index (χ0n) is 4.05. The molecule has 1 aliphatic rings. The topological polar surface area (TPSA) is 18.5 Å². The van der Waals surface area contributed by atoms with Crippen LogP contribution in [0.4, 0.5) is 0 Å². The average molecular weight is 148 g/mol. The molecule has 4 heteroatoms. The van der Waals surface area contributed by atoms with Crippen molar-refractivity contribution in [2.75, 3.05) is 13.2 Å². The van der Waals surface area contributed by atoms with E-state index in [1.165, 1.54) is 0 Å². The Balaban J connectivity index is 2.52. The van der Waals surface area contributed by atoms with Gasteiger partial charge in [-0.05, 0) is 24.4 Å². The highest BCUT2D eigenvalue weighted by molar-refractivity contribution is 7.88. The van der Waals surface area contributed by atoms with E-state index in [0.29, 0.717) is 23.3 Å². The van der Waals surface area contributed by atoms with Crippen LogP contribution in [-0.2, 0) is 9.47 Å².